The van der Waals surface area contributed by atoms with Gasteiger partial charge < -0.3 is 19.6 Å². The number of anilines is 1. The highest BCUT2D eigenvalue weighted by atomic mass is 32.2. The molecule has 0 aromatic carbocycles. The normalized spacial score (nSPS) is 10.8. The van der Waals surface area contributed by atoms with E-state index >= 15 is 0 Å². The molecule has 0 aliphatic carbocycles. The van der Waals surface area contributed by atoms with Crippen LogP contribution in [-0.4, -0.2) is 39.8 Å². The van der Waals surface area contributed by atoms with Crippen LogP contribution in [0.2, 0.25) is 0 Å². The minimum atomic E-state index is -0.561. The molecule has 3 heterocycles. The van der Waals surface area contributed by atoms with Gasteiger partial charge in [0.05, 0.1) is 17.6 Å². The van der Waals surface area contributed by atoms with Crippen molar-refractivity contribution in [3.8, 4) is 0 Å². The summed E-state index contributed by atoms with van der Waals surface area (Å²) in [5, 5.41) is 0.840. The predicted molar refractivity (Wildman–Crippen MR) is 102 cm³/mol. The Kier molecular flexibility index (Phi) is 5.78. The first-order valence-electron chi connectivity index (χ1n) is 8.35. The summed E-state index contributed by atoms with van der Waals surface area (Å²) >= 11 is 1.34. The molecule has 146 valence electrons. The molecule has 0 bridgehead atoms. The second-order valence-corrected chi connectivity index (χ2v) is 6.39. The number of rotatable bonds is 6. The highest BCUT2D eigenvalue weighted by molar-refractivity contribution is 7.98. The maximum atomic E-state index is 12.3. The molecule has 28 heavy (non-hydrogen) atoms. The molecule has 0 radical (unpaired) electrons. The maximum absolute atomic E-state index is 12.3. The standard InChI is InChI=1S/C18H18N4O5S/c1-4-25-18(24)12-9(2)27-15-13(12)14(19)21-11(22-15)8-26-17(23)10-6-5-7-20-16(10)28-3/h5-7H,4,8H2,1-3H3,(H2,19,21,22). The van der Waals surface area contributed by atoms with Crippen LogP contribution in [0.25, 0.3) is 11.1 Å². The molecule has 0 aliphatic heterocycles. The molecule has 9 nitrogen and oxygen atoms in total. The van der Waals surface area contributed by atoms with Gasteiger partial charge in [0.2, 0.25) is 5.71 Å². The Morgan fingerprint density at radius 3 is 2.75 bits per heavy atom. The predicted octanol–water partition coefficient (Wildman–Crippen LogP) is 2.76. The van der Waals surface area contributed by atoms with Crippen LogP contribution in [-0.2, 0) is 16.1 Å². The number of pyridine rings is 1. The third-order valence-corrected chi connectivity index (χ3v) is 4.51. The van der Waals surface area contributed by atoms with E-state index in [0.717, 1.165) is 0 Å². The number of esters is 2. The number of nitrogens with zero attached hydrogens (tertiary/aromatic N) is 3. The molecule has 0 fully saturated rings. The Labute approximate surface area is 164 Å². The van der Waals surface area contributed by atoms with E-state index in [-0.39, 0.29) is 41.5 Å². The van der Waals surface area contributed by atoms with Crippen LogP contribution < -0.4 is 5.73 Å². The fraction of sp³-hybridized carbons (Fsp3) is 0.278. The molecular formula is C18H18N4O5S. The topological polar surface area (TPSA) is 130 Å². The highest BCUT2D eigenvalue weighted by Crippen LogP contribution is 2.29. The van der Waals surface area contributed by atoms with Crippen LogP contribution in [0.4, 0.5) is 5.82 Å². The summed E-state index contributed by atoms with van der Waals surface area (Å²) in [4.78, 5) is 36.9. The van der Waals surface area contributed by atoms with Crippen molar-refractivity contribution in [1.29, 1.82) is 0 Å². The molecule has 3 aromatic heterocycles. The number of ether oxygens (including phenoxy) is 2. The molecule has 0 amide bonds. The molecule has 0 unspecified atom stereocenters. The molecule has 0 saturated heterocycles. The van der Waals surface area contributed by atoms with E-state index in [1.807, 2.05) is 6.26 Å². The molecule has 0 saturated carbocycles. The monoisotopic (exact) mass is 402 g/mol. The quantitative estimate of drug-likeness (QED) is 0.485. The van der Waals surface area contributed by atoms with Crippen LogP contribution in [0.3, 0.4) is 0 Å². The van der Waals surface area contributed by atoms with Crippen LogP contribution >= 0.6 is 11.8 Å². The lowest BCUT2D eigenvalue weighted by Gasteiger charge is -2.07. The third kappa shape index (κ3) is 3.77. The zero-order valence-corrected chi connectivity index (χ0v) is 16.3. The van der Waals surface area contributed by atoms with E-state index in [4.69, 9.17) is 19.6 Å². The number of furan rings is 1. The van der Waals surface area contributed by atoms with E-state index in [0.29, 0.717) is 16.3 Å². The summed E-state index contributed by atoms with van der Waals surface area (Å²) in [6.45, 7) is 3.31. The van der Waals surface area contributed by atoms with Crippen LogP contribution in [0.1, 0.15) is 39.2 Å². The van der Waals surface area contributed by atoms with Gasteiger partial charge in [0.25, 0.3) is 0 Å². The lowest BCUT2D eigenvalue weighted by molar-refractivity contribution is 0.0456. The summed E-state index contributed by atoms with van der Waals surface area (Å²) in [6.07, 6.45) is 3.41. The minimum Gasteiger partial charge on any atom is -0.462 e. The molecule has 0 atom stereocenters. The minimum absolute atomic E-state index is 0.0436. The SMILES string of the molecule is CCOC(=O)c1c(C)oc2nc(COC(=O)c3cccnc3SC)nc(N)c12. The zero-order chi connectivity index (χ0) is 20.3. The Bertz CT molecular complexity index is 1050. The first kappa shape index (κ1) is 19.6. The Hall–Kier alpha value is -3.14. The smallest absolute Gasteiger partial charge is 0.342 e. The van der Waals surface area contributed by atoms with Crippen molar-refractivity contribution in [2.24, 2.45) is 0 Å². The van der Waals surface area contributed by atoms with Crippen LogP contribution in [0, 0.1) is 6.92 Å². The van der Waals surface area contributed by atoms with Gasteiger partial charge in [-0.05, 0) is 32.2 Å². The average Bonchev–Trinajstić information content (AvgIpc) is 3.02. The molecule has 2 N–H and O–H groups in total. The number of aromatic nitrogens is 3. The van der Waals surface area contributed by atoms with Crippen molar-refractivity contribution in [2.45, 2.75) is 25.5 Å². The Balaban J connectivity index is 1.85. The van der Waals surface area contributed by atoms with Crippen molar-refractivity contribution in [3.05, 3.63) is 41.0 Å². The highest BCUT2D eigenvalue weighted by Gasteiger charge is 2.24. The van der Waals surface area contributed by atoms with Crippen molar-refractivity contribution in [3.63, 3.8) is 0 Å². The van der Waals surface area contributed by atoms with Gasteiger partial charge >= 0.3 is 11.9 Å². The van der Waals surface area contributed by atoms with Gasteiger partial charge in [-0.25, -0.2) is 19.6 Å². The number of hydrogen-bond acceptors (Lipinski definition) is 10. The van der Waals surface area contributed by atoms with E-state index in [9.17, 15) is 9.59 Å². The fourth-order valence-electron chi connectivity index (χ4n) is 2.61. The van der Waals surface area contributed by atoms with Crippen LogP contribution in [0.15, 0.2) is 27.8 Å². The number of aryl methyl sites for hydroxylation is 1. The van der Waals surface area contributed by atoms with Crippen LogP contribution in [0.5, 0.6) is 0 Å². The maximum Gasteiger partial charge on any atom is 0.342 e. The lowest BCUT2D eigenvalue weighted by Crippen LogP contribution is -2.11. The van der Waals surface area contributed by atoms with Gasteiger partial charge in [-0.1, -0.05) is 0 Å². The van der Waals surface area contributed by atoms with Crippen molar-refractivity contribution >= 4 is 40.6 Å². The number of carbonyl (C=O) groups is 2. The number of nitrogens with two attached hydrogens (primary N) is 1. The van der Waals surface area contributed by atoms with E-state index in [2.05, 4.69) is 15.0 Å². The van der Waals surface area contributed by atoms with Crippen molar-refractivity contribution in [2.75, 3.05) is 18.6 Å². The second kappa shape index (κ2) is 8.26. The molecule has 0 spiro atoms. The average molecular weight is 402 g/mol. The van der Waals surface area contributed by atoms with E-state index in [1.165, 1.54) is 11.8 Å². The molecule has 0 aliphatic rings. The van der Waals surface area contributed by atoms with Gasteiger partial charge in [-0.15, -0.1) is 11.8 Å². The third-order valence-electron chi connectivity index (χ3n) is 3.80. The molecule has 3 rings (SSSR count). The summed E-state index contributed by atoms with van der Waals surface area (Å²) < 4.78 is 15.8. The van der Waals surface area contributed by atoms with Gasteiger partial charge in [0.1, 0.15) is 22.2 Å². The van der Waals surface area contributed by atoms with Crippen molar-refractivity contribution < 1.29 is 23.5 Å². The molecule has 3 aromatic rings. The number of hydrogen-bond donors (Lipinski definition) is 1. The first-order chi connectivity index (χ1) is 13.5. The largest absolute Gasteiger partial charge is 0.462 e. The van der Waals surface area contributed by atoms with Gasteiger partial charge in [0, 0.05) is 6.20 Å². The first-order valence-corrected chi connectivity index (χ1v) is 9.57. The van der Waals surface area contributed by atoms with Crippen molar-refractivity contribution in [1.82, 2.24) is 15.0 Å². The summed E-state index contributed by atoms with van der Waals surface area (Å²) in [7, 11) is 0. The number of thioether (sulfide) groups is 1. The van der Waals surface area contributed by atoms with E-state index < -0.39 is 11.9 Å². The molecule has 10 heteroatoms. The summed E-state index contributed by atoms with van der Waals surface area (Å²) in [5.41, 5.74) is 6.67. The number of nitrogen functional groups attached to an aromatic ring is 1. The van der Waals surface area contributed by atoms with Gasteiger partial charge in [-0.2, -0.15) is 4.98 Å². The number of fused-ring (bicyclic) bond motifs is 1. The van der Waals surface area contributed by atoms with Gasteiger partial charge in [0.15, 0.2) is 12.4 Å². The zero-order valence-electron chi connectivity index (χ0n) is 15.5. The summed E-state index contributed by atoms with van der Waals surface area (Å²) in [5.74, 6) is -0.597. The summed E-state index contributed by atoms with van der Waals surface area (Å²) in [6, 6.07) is 3.28. The molecular weight excluding hydrogens is 384 g/mol. The lowest BCUT2D eigenvalue weighted by atomic mass is 10.2. The Morgan fingerprint density at radius 2 is 2.04 bits per heavy atom. The number of carbonyl (C=O) groups excluding carboxylic acids is 2. The van der Waals surface area contributed by atoms with E-state index in [1.54, 1.807) is 32.2 Å². The Morgan fingerprint density at radius 1 is 1.25 bits per heavy atom. The van der Waals surface area contributed by atoms with Gasteiger partial charge in [-0.3, -0.25) is 0 Å². The second-order valence-electron chi connectivity index (χ2n) is 5.60. The fourth-order valence-corrected chi connectivity index (χ4v) is 3.15.